The Morgan fingerprint density at radius 1 is 1.53 bits per heavy atom. The molecule has 2 atom stereocenters. The average Bonchev–Trinajstić information content (AvgIpc) is 2.66. The Morgan fingerprint density at radius 3 is 3.00 bits per heavy atom. The molecular weight excluding hydrogens is 186 g/mol. The molecular formula is C13H17NO. The van der Waals surface area contributed by atoms with Crippen LogP contribution >= 0.6 is 0 Å². The highest BCUT2D eigenvalue weighted by Crippen LogP contribution is 2.31. The topological polar surface area (TPSA) is 30.0 Å². The zero-order valence-electron chi connectivity index (χ0n) is 9.15. The monoisotopic (exact) mass is 203 g/mol. The van der Waals surface area contributed by atoms with Crippen molar-refractivity contribution in [2.75, 3.05) is 0 Å². The fraction of sp³-hybridized carbons (Fsp3) is 0.538. The van der Waals surface area contributed by atoms with Crippen LogP contribution in [0.2, 0.25) is 0 Å². The van der Waals surface area contributed by atoms with Crippen molar-refractivity contribution in [3.8, 4) is 0 Å². The van der Waals surface area contributed by atoms with Gasteiger partial charge < -0.3 is 0 Å². The van der Waals surface area contributed by atoms with Gasteiger partial charge in [-0.3, -0.25) is 9.78 Å². The van der Waals surface area contributed by atoms with Crippen LogP contribution in [0.4, 0.5) is 0 Å². The van der Waals surface area contributed by atoms with Gasteiger partial charge >= 0.3 is 0 Å². The lowest BCUT2D eigenvalue weighted by Gasteiger charge is -2.07. The molecule has 1 heterocycles. The third kappa shape index (κ3) is 2.65. The van der Waals surface area contributed by atoms with Gasteiger partial charge in [-0.2, -0.15) is 0 Å². The molecule has 1 saturated carbocycles. The van der Waals surface area contributed by atoms with E-state index in [-0.39, 0.29) is 0 Å². The normalized spacial score (nSPS) is 25.4. The molecule has 1 fully saturated rings. The van der Waals surface area contributed by atoms with E-state index in [2.05, 4.69) is 11.9 Å². The highest BCUT2D eigenvalue weighted by Gasteiger charge is 2.26. The second kappa shape index (κ2) is 4.56. The van der Waals surface area contributed by atoms with Gasteiger partial charge in [0, 0.05) is 24.7 Å². The highest BCUT2D eigenvalue weighted by molar-refractivity contribution is 5.83. The van der Waals surface area contributed by atoms with Gasteiger partial charge in [-0.05, 0) is 36.8 Å². The van der Waals surface area contributed by atoms with E-state index in [9.17, 15) is 4.79 Å². The van der Waals surface area contributed by atoms with Gasteiger partial charge in [-0.25, -0.2) is 0 Å². The Morgan fingerprint density at radius 2 is 2.40 bits per heavy atom. The summed E-state index contributed by atoms with van der Waals surface area (Å²) in [4.78, 5) is 16.0. The Balaban J connectivity index is 1.93. The fourth-order valence-electron chi connectivity index (χ4n) is 2.35. The van der Waals surface area contributed by atoms with E-state index in [4.69, 9.17) is 0 Å². The summed E-state index contributed by atoms with van der Waals surface area (Å²) < 4.78 is 0. The first-order valence-electron chi connectivity index (χ1n) is 5.67. The van der Waals surface area contributed by atoms with Crippen molar-refractivity contribution >= 4 is 5.78 Å². The zero-order chi connectivity index (χ0) is 10.7. The lowest BCUT2D eigenvalue weighted by molar-refractivity contribution is -0.122. The molecule has 0 amide bonds. The summed E-state index contributed by atoms with van der Waals surface area (Å²) in [5.41, 5.74) is 1.04. The number of carbonyl (C=O) groups excluding carboxylic acids is 1. The van der Waals surface area contributed by atoms with Crippen LogP contribution in [0.15, 0.2) is 24.5 Å². The molecule has 1 aromatic rings. The van der Waals surface area contributed by atoms with Crippen LogP contribution < -0.4 is 0 Å². The van der Waals surface area contributed by atoms with Gasteiger partial charge in [0.25, 0.3) is 0 Å². The van der Waals surface area contributed by atoms with Crippen LogP contribution in [-0.2, 0) is 11.2 Å². The highest BCUT2D eigenvalue weighted by atomic mass is 16.1. The molecule has 0 aliphatic heterocycles. The molecule has 2 nitrogen and oxygen atoms in total. The maximum Gasteiger partial charge on any atom is 0.140 e. The molecule has 80 valence electrons. The van der Waals surface area contributed by atoms with E-state index in [1.54, 1.807) is 12.4 Å². The van der Waals surface area contributed by atoms with Crippen molar-refractivity contribution in [1.29, 1.82) is 0 Å². The van der Waals surface area contributed by atoms with Crippen molar-refractivity contribution in [1.82, 2.24) is 4.98 Å². The molecule has 2 heteroatoms. The predicted molar refractivity (Wildman–Crippen MR) is 59.5 cm³/mol. The summed E-state index contributed by atoms with van der Waals surface area (Å²) in [6.07, 6.45) is 7.47. The van der Waals surface area contributed by atoms with Crippen LogP contribution in [0.1, 0.15) is 31.7 Å². The van der Waals surface area contributed by atoms with Crippen molar-refractivity contribution in [3.05, 3.63) is 30.1 Å². The number of ketones is 1. The second-order valence-electron chi connectivity index (χ2n) is 4.62. The number of hydrogen-bond acceptors (Lipinski definition) is 2. The fourth-order valence-corrected chi connectivity index (χ4v) is 2.35. The first kappa shape index (κ1) is 10.3. The van der Waals surface area contributed by atoms with Gasteiger partial charge in [-0.15, -0.1) is 0 Å². The van der Waals surface area contributed by atoms with E-state index in [0.717, 1.165) is 24.3 Å². The average molecular weight is 203 g/mol. The van der Waals surface area contributed by atoms with E-state index in [1.807, 2.05) is 12.1 Å². The number of nitrogens with zero attached hydrogens (tertiary/aromatic N) is 1. The first-order valence-corrected chi connectivity index (χ1v) is 5.67. The molecule has 15 heavy (non-hydrogen) atoms. The minimum absolute atomic E-state index is 0.306. The SMILES string of the molecule is CC1CCC(C(=O)Cc2cccnc2)C1. The Kier molecular flexibility index (Phi) is 3.14. The summed E-state index contributed by atoms with van der Waals surface area (Å²) >= 11 is 0. The summed E-state index contributed by atoms with van der Waals surface area (Å²) in [6.45, 7) is 2.23. The molecule has 0 saturated heterocycles. The van der Waals surface area contributed by atoms with Gasteiger partial charge in [0.05, 0.1) is 0 Å². The summed E-state index contributed by atoms with van der Waals surface area (Å²) in [6, 6.07) is 3.86. The molecule has 1 aromatic heterocycles. The summed E-state index contributed by atoms with van der Waals surface area (Å²) in [5.74, 6) is 1.43. The van der Waals surface area contributed by atoms with Crippen LogP contribution in [0.3, 0.4) is 0 Å². The molecule has 0 spiro atoms. The Bertz CT molecular complexity index is 334. The molecule has 0 radical (unpaired) electrons. The molecule has 0 aromatic carbocycles. The Hall–Kier alpha value is -1.18. The smallest absolute Gasteiger partial charge is 0.140 e. The largest absolute Gasteiger partial charge is 0.299 e. The van der Waals surface area contributed by atoms with Crippen LogP contribution in [0, 0.1) is 11.8 Å². The minimum atomic E-state index is 0.306. The van der Waals surface area contributed by atoms with Crippen LogP contribution in [0.25, 0.3) is 0 Å². The number of Topliss-reactive ketones (excluding diaryl/α,β-unsaturated/α-hetero) is 1. The summed E-state index contributed by atoms with van der Waals surface area (Å²) in [7, 11) is 0. The lowest BCUT2D eigenvalue weighted by atomic mass is 9.96. The van der Waals surface area contributed by atoms with Crippen LogP contribution in [0.5, 0.6) is 0 Å². The molecule has 1 aliphatic rings. The van der Waals surface area contributed by atoms with Crippen molar-refractivity contribution in [2.24, 2.45) is 11.8 Å². The third-order valence-electron chi connectivity index (χ3n) is 3.25. The molecule has 2 unspecified atom stereocenters. The third-order valence-corrected chi connectivity index (χ3v) is 3.25. The maximum atomic E-state index is 11.9. The van der Waals surface area contributed by atoms with Crippen LogP contribution in [-0.4, -0.2) is 10.8 Å². The number of carbonyl (C=O) groups is 1. The van der Waals surface area contributed by atoms with Crippen molar-refractivity contribution in [3.63, 3.8) is 0 Å². The van der Waals surface area contributed by atoms with Gasteiger partial charge in [0.2, 0.25) is 0 Å². The van der Waals surface area contributed by atoms with E-state index < -0.39 is 0 Å². The molecule has 0 N–H and O–H groups in total. The molecule has 0 bridgehead atoms. The van der Waals surface area contributed by atoms with Gasteiger partial charge in [0.15, 0.2) is 0 Å². The lowest BCUT2D eigenvalue weighted by Crippen LogP contribution is -2.14. The van der Waals surface area contributed by atoms with Gasteiger partial charge in [-0.1, -0.05) is 13.0 Å². The number of aromatic nitrogens is 1. The van der Waals surface area contributed by atoms with E-state index in [1.165, 1.54) is 6.42 Å². The standard InChI is InChI=1S/C13H17NO/c1-10-4-5-12(7-10)13(15)8-11-3-2-6-14-9-11/h2-3,6,9-10,12H,4-5,7-8H2,1H3. The number of hydrogen-bond donors (Lipinski definition) is 0. The maximum absolute atomic E-state index is 11.9. The second-order valence-corrected chi connectivity index (χ2v) is 4.62. The first-order chi connectivity index (χ1) is 7.25. The van der Waals surface area contributed by atoms with Crippen molar-refractivity contribution < 1.29 is 4.79 Å². The Labute approximate surface area is 90.7 Å². The minimum Gasteiger partial charge on any atom is -0.299 e. The molecule has 2 rings (SSSR count). The number of rotatable bonds is 3. The van der Waals surface area contributed by atoms with Crippen molar-refractivity contribution in [2.45, 2.75) is 32.6 Å². The molecule has 1 aliphatic carbocycles. The zero-order valence-corrected chi connectivity index (χ0v) is 9.15. The van der Waals surface area contributed by atoms with Gasteiger partial charge in [0.1, 0.15) is 5.78 Å². The number of pyridine rings is 1. The summed E-state index contributed by atoms with van der Waals surface area (Å²) in [5, 5.41) is 0. The quantitative estimate of drug-likeness (QED) is 0.756. The van der Waals surface area contributed by atoms with E-state index in [0.29, 0.717) is 18.1 Å². The predicted octanol–water partition coefficient (Wildman–Crippen LogP) is 2.63. The van der Waals surface area contributed by atoms with E-state index >= 15 is 0 Å².